The molecule has 94 valence electrons. The van der Waals surface area contributed by atoms with Crippen LogP contribution < -0.4 is 5.32 Å². The van der Waals surface area contributed by atoms with Crippen LogP contribution in [0.5, 0.6) is 0 Å². The normalized spacial score (nSPS) is 10.3. The van der Waals surface area contributed by atoms with Gasteiger partial charge in [0, 0.05) is 30.4 Å². The molecule has 0 fully saturated rings. The van der Waals surface area contributed by atoms with Crippen LogP contribution in [0.2, 0.25) is 5.02 Å². The average molecular weight is 264 g/mol. The number of halogens is 1. The van der Waals surface area contributed by atoms with Crippen molar-refractivity contribution < 1.29 is 4.79 Å². The van der Waals surface area contributed by atoms with Gasteiger partial charge in [0.05, 0.1) is 6.20 Å². The van der Waals surface area contributed by atoms with E-state index in [4.69, 9.17) is 11.6 Å². The Bertz CT molecular complexity index is 551. The molecule has 0 radical (unpaired) electrons. The molecule has 1 heterocycles. The minimum atomic E-state index is -0.110. The van der Waals surface area contributed by atoms with Crippen molar-refractivity contribution in [3.63, 3.8) is 0 Å². The van der Waals surface area contributed by atoms with Crippen LogP contribution in [-0.2, 0) is 13.5 Å². The van der Waals surface area contributed by atoms with Crippen molar-refractivity contribution in [2.75, 3.05) is 6.54 Å². The lowest BCUT2D eigenvalue weighted by molar-refractivity contribution is 0.0954. The molecule has 4 nitrogen and oxygen atoms in total. The van der Waals surface area contributed by atoms with Crippen LogP contribution in [0.15, 0.2) is 36.7 Å². The molecule has 0 saturated heterocycles. The molecule has 2 aromatic rings. The van der Waals surface area contributed by atoms with Gasteiger partial charge in [-0.1, -0.05) is 17.7 Å². The Morgan fingerprint density at radius 3 is 3.00 bits per heavy atom. The van der Waals surface area contributed by atoms with Crippen LogP contribution in [0.1, 0.15) is 15.9 Å². The zero-order chi connectivity index (χ0) is 13.0. The van der Waals surface area contributed by atoms with E-state index in [0.29, 0.717) is 17.1 Å². The summed E-state index contributed by atoms with van der Waals surface area (Å²) in [5, 5.41) is 7.48. The van der Waals surface area contributed by atoms with Gasteiger partial charge in [-0.05, 0) is 30.2 Å². The molecular weight excluding hydrogens is 250 g/mol. The maximum Gasteiger partial charge on any atom is 0.251 e. The Balaban J connectivity index is 1.85. The van der Waals surface area contributed by atoms with Crippen molar-refractivity contribution in [1.82, 2.24) is 15.1 Å². The molecule has 0 aliphatic heterocycles. The molecule has 18 heavy (non-hydrogen) atoms. The van der Waals surface area contributed by atoms with E-state index in [1.54, 1.807) is 35.1 Å². The number of aromatic nitrogens is 2. The molecule has 2 rings (SSSR count). The summed E-state index contributed by atoms with van der Waals surface area (Å²) >= 11 is 5.83. The zero-order valence-corrected chi connectivity index (χ0v) is 10.8. The molecule has 0 spiro atoms. The second kappa shape index (κ2) is 5.69. The number of amides is 1. The zero-order valence-electron chi connectivity index (χ0n) is 10.1. The van der Waals surface area contributed by atoms with Crippen molar-refractivity contribution >= 4 is 17.5 Å². The number of carbonyl (C=O) groups is 1. The van der Waals surface area contributed by atoms with E-state index in [0.717, 1.165) is 12.0 Å². The summed E-state index contributed by atoms with van der Waals surface area (Å²) in [5.41, 5.74) is 1.68. The van der Waals surface area contributed by atoms with E-state index in [1.165, 1.54) is 0 Å². The maximum absolute atomic E-state index is 11.8. The number of rotatable bonds is 4. The van der Waals surface area contributed by atoms with Gasteiger partial charge in [-0.25, -0.2) is 0 Å². The summed E-state index contributed by atoms with van der Waals surface area (Å²) in [5.74, 6) is -0.110. The number of hydrogen-bond donors (Lipinski definition) is 1. The average Bonchev–Trinajstić information content (AvgIpc) is 2.75. The van der Waals surface area contributed by atoms with Gasteiger partial charge >= 0.3 is 0 Å². The van der Waals surface area contributed by atoms with E-state index in [1.807, 2.05) is 13.2 Å². The van der Waals surface area contributed by atoms with Gasteiger partial charge in [0.15, 0.2) is 0 Å². The number of hydrogen-bond acceptors (Lipinski definition) is 2. The quantitative estimate of drug-likeness (QED) is 0.918. The minimum absolute atomic E-state index is 0.110. The molecule has 0 aliphatic carbocycles. The molecule has 0 atom stereocenters. The minimum Gasteiger partial charge on any atom is -0.352 e. The first-order valence-corrected chi connectivity index (χ1v) is 6.04. The van der Waals surface area contributed by atoms with Crippen LogP contribution in [-0.4, -0.2) is 22.2 Å². The maximum atomic E-state index is 11.8. The lowest BCUT2D eigenvalue weighted by Crippen LogP contribution is -2.25. The summed E-state index contributed by atoms with van der Waals surface area (Å²) in [6.45, 7) is 0.580. The fourth-order valence-electron chi connectivity index (χ4n) is 1.65. The van der Waals surface area contributed by atoms with Crippen LogP contribution >= 0.6 is 11.6 Å². The summed E-state index contributed by atoms with van der Waals surface area (Å²) in [6.07, 6.45) is 4.50. The van der Waals surface area contributed by atoms with Gasteiger partial charge in [0.25, 0.3) is 5.91 Å². The molecule has 0 aliphatic rings. The standard InChI is InChI=1S/C13H14ClN3O/c1-17-9-10(8-16-17)5-6-15-13(18)11-3-2-4-12(14)7-11/h2-4,7-9H,5-6H2,1H3,(H,15,18). The Labute approximate surface area is 111 Å². The number of nitrogens with one attached hydrogen (secondary N) is 1. The van der Waals surface area contributed by atoms with Gasteiger partial charge in [0.2, 0.25) is 0 Å². The molecule has 0 bridgehead atoms. The van der Waals surface area contributed by atoms with Crippen LogP contribution in [0, 0.1) is 0 Å². The second-order valence-corrected chi connectivity index (χ2v) is 4.47. The molecule has 5 heteroatoms. The topological polar surface area (TPSA) is 46.9 Å². The molecule has 1 amide bonds. The largest absolute Gasteiger partial charge is 0.352 e. The molecule has 1 aromatic heterocycles. The number of nitrogens with zero attached hydrogens (tertiary/aromatic N) is 2. The summed E-state index contributed by atoms with van der Waals surface area (Å²) < 4.78 is 1.74. The monoisotopic (exact) mass is 263 g/mol. The van der Waals surface area contributed by atoms with Crippen LogP contribution in [0.4, 0.5) is 0 Å². The highest BCUT2D eigenvalue weighted by Crippen LogP contribution is 2.10. The van der Waals surface area contributed by atoms with Crippen LogP contribution in [0.3, 0.4) is 0 Å². The molecule has 1 aromatic carbocycles. The lowest BCUT2D eigenvalue weighted by Gasteiger charge is -2.04. The van der Waals surface area contributed by atoms with Gasteiger partial charge in [-0.15, -0.1) is 0 Å². The fraction of sp³-hybridized carbons (Fsp3) is 0.231. The van der Waals surface area contributed by atoms with Crippen molar-refractivity contribution in [3.05, 3.63) is 52.8 Å². The molecule has 0 unspecified atom stereocenters. The third-order valence-electron chi connectivity index (χ3n) is 2.54. The molecule has 1 N–H and O–H groups in total. The predicted molar refractivity (Wildman–Crippen MR) is 70.7 cm³/mol. The highest BCUT2D eigenvalue weighted by Gasteiger charge is 2.05. The van der Waals surface area contributed by atoms with Gasteiger partial charge in [0.1, 0.15) is 0 Å². The van der Waals surface area contributed by atoms with Crippen molar-refractivity contribution in [3.8, 4) is 0 Å². The Hall–Kier alpha value is -1.81. The first kappa shape index (κ1) is 12.6. The van der Waals surface area contributed by atoms with E-state index >= 15 is 0 Å². The fourth-order valence-corrected chi connectivity index (χ4v) is 1.84. The number of benzene rings is 1. The predicted octanol–water partition coefficient (Wildman–Crippen LogP) is 2.05. The van der Waals surface area contributed by atoms with Crippen molar-refractivity contribution in [2.45, 2.75) is 6.42 Å². The smallest absolute Gasteiger partial charge is 0.251 e. The second-order valence-electron chi connectivity index (χ2n) is 4.04. The van der Waals surface area contributed by atoms with Gasteiger partial charge < -0.3 is 5.32 Å². The Morgan fingerprint density at radius 2 is 2.33 bits per heavy atom. The molecule has 0 saturated carbocycles. The SMILES string of the molecule is Cn1cc(CCNC(=O)c2cccc(Cl)c2)cn1. The lowest BCUT2D eigenvalue weighted by atomic mass is 10.2. The first-order valence-electron chi connectivity index (χ1n) is 5.66. The third kappa shape index (κ3) is 3.34. The summed E-state index contributed by atoms with van der Waals surface area (Å²) in [4.78, 5) is 11.8. The van der Waals surface area contributed by atoms with E-state index < -0.39 is 0 Å². The van der Waals surface area contributed by atoms with Gasteiger partial charge in [-0.2, -0.15) is 5.10 Å². The van der Waals surface area contributed by atoms with E-state index in [2.05, 4.69) is 10.4 Å². The third-order valence-corrected chi connectivity index (χ3v) is 2.78. The van der Waals surface area contributed by atoms with Gasteiger partial charge in [-0.3, -0.25) is 9.48 Å². The molecular formula is C13H14ClN3O. The van der Waals surface area contributed by atoms with Crippen molar-refractivity contribution in [2.24, 2.45) is 7.05 Å². The number of aryl methyl sites for hydroxylation is 1. The van der Waals surface area contributed by atoms with E-state index in [-0.39, 0.29) is 5.91 Å². The Kier molecular flexibility index (Phi) is 3.99. The number of carbonyl (C=O) groups excluding carboxylic acids is 1. The van der Waals surface area contributed by atoms with Crippen LogP contribution in [0.25, 0.3) is 0 Å². The summed E-state index contributed by atoms with van der Waals surface area (Å²) in [6, 6.07) is 6.90. The van der Waals surface area contributed by atoms with Crippen molar-refractivity contribution in [1.29, 1.82) is 0 Å². The van der Waals surface area contributed by atoms with E-state index in [9.17, 15) is 4.79 Å². The summed E-state index contributed by atoms with van der Waals surface area (Å²) in [7, 11) is 1.87. The Morgan fingerprint density at radius 1 is 1.50 bits per heavy atom. The highest BCUT2D eigenvalue weighted by molar-refractivity contribution is 6.30. The first-order chi connectivity index (χ1) is 8.65. The highest BCUT2D eigenvalue weighted by atomic mass is 35.5.